The molecule has 1 saturated heterocycles. The maximum absolute atomic E-state index is 3.55. The highest BCUT2D eigenvalue weighted by Gasteiger charge is 2.45. The lowest BCUT2D eigenvalue weighted by molar-refractivity contribution is 0.157. The van der Waals surface area contributed by atoms with E-state index in [-0.39, 0.29) is 0 Å². The van der Waals surface area contributed by atoms with Crippen LogP contribution in [0.4, 0.5) is 0 Å². The van der Waals surface area contributed by atoms with Gasteiger partial charge in [-0.3, -0.25) is 0 Å². The first-order chi connectivity index (χ1) is 9.38. The lowest BCUT2D eigenvalue weighted by Crippen LogP contribution is -2.42. The van der Waals surface area contributed by atoms with Crippen molar-refractivity contribution in [1.82, 2.24) is 5.32 Å². The maximum atomic E-state index is 3.55. The molecule has 4 rings (SSSR count). The molecule has 1 atom stereocenters. The van der Waals surface area contributed by atoms with Gasteiger partial charge in [-0.25, -0.2) is 0 Å². The fraction of sp³-hybridized carbons (Fsp3) is 0.444. The summed E-state index contributed by atoms with van der Waals surface area (Å²) in [6.07, 6.45) is 5.53. The monoisotopic (exact) mass is 251 g/mol. The van der Waals surface area contributed by atoms with Crippen LogP contribution in [0, 0.1) is 5.92 Å². The molecule has 0 radical (unpaired) electrons. The molecule has 1 aliphatic heterocycles. The van der Waals surface area contributed by atoms with Gasteiger partial charge in [-0.1, -0.05) is 48.9 Å². The Hall–Kier alpha value is -1.34. The Kier molecular flexibility index (Phi) is 2.63. The van der Waals surface area contributed by atoms with Crippen LogP contribution in [0.25, 0.3) is 10.8 Å². The Balaban J connectivity index is 1.79. The summed E-state index contributed by atoms with van der Waals surface area (Å²) in [5.74, 6) is 0.849. The van der Waals surface area contributed by atoms with Crippen LogP contribution in [-0.4, -0.2) is 13.1 Å². The first kappa shape index (κ1) is 11.5. The average Bonchev–Trinajstić information content (AvgIpc) is 2.92. The van der Waals surface area contributed by atoms with Gasteiger partial charge in [-0.2, -0.15) is 0 Å². The molecule has 2 aliphatic rings. The molecule has 0 bridgehead atoms. The molecule has 2 fully saturated rings. The molecule has 2 aromatic rings. The van der Waals surface area contributed by atoms with Crippen LogP contribution < -0.4 is 5.32 Å². The zero-order chi connectivity index (χ0) is 12.7. The largest absolute Gasteiger partial charge is 0.316 e. The third-order valence-electron chi connectivity index (χ3n) is 5.41. The van der Waals surface area contributed by atoms with E-state index in [0.29, 0.717) is 5.41 Å². The van der Waals surface area contributed by atoms with Gasteiger partial charge in [0, 0.05) is 0 Å². The van der Waals surface area contributed by atoms with Crippen LogP contribution in [0.3, 0.4) is 0 Å². The SMILES string of the molecule is c1ccc2cc(C3([C@@H]4CCNC4)CCC3)ccc2c1. The van der Waals surface area contributed by atoms with Gasteiger partial charge in [-0.15, -0.1) is 0 Å². The molecular formula is C18H21N. The van der Waals surface area contributed by atoms with Crippen molar-refractivity contribution in [2.24, 2.45) is 5.92 Å². The van der Waals surface area contributed by atoms with Gasteiger partial charge in [0.1, 0.15) is 0 Å². The normalized spacial score (nSPS) is 25.4. The molecular weight excluding hydrogens is 230 g/mol. The Labute approximate surface area is 115 Å². The Morgan fingerprint density at radius 2 is 1.84 bits per heavy atom. The maximum Gasteiger partial charge on any atom is -0.000596 e. The molecule has 2 aromatic carbocycles. The molecule has 0 unspecified atom stereocenters. The summed E-state index contributed by atoms with van der Waals surface area (Å²) in [5, 5.41) is 6.32. The van der Waals surface area contributed by atoms with E-state index in [0.717, 1.165) is 5.92 Å². The molecule has 1 N–H and O–H groups in total. The van der Waals surface area contributed by atoms with Crippen molar-refractivity contribution < 1.29 is 0 Å². The number of benzene rings is 2. The highest BCUT2D eigenvalue weighted by atomic mass is 14.9. The predicted octanol–water partition coefficient (Wildman–Crippen LogP) is 3.87. The van der Waals surface area contributed by atoms with Gasteiger partial charge >= 0.3 is 0 Å². The Morgan fingerprint density at radius 3 is 2.53 bits per heavy atom. The van der Waals surface area contributed by atoms with Gasteiger partial charge in [-0.05, 0) is 60.0 Å². The van der Waals surface area contributed by atoms with E-state index in [1.165, 1.54) is 49.5 Å². The molecule has 0 amide bonds. The van der Waals surface area contributed by atoms with E-state index < -0.39 is 0 Å². The molecule has 0 aromatic heterocycles. The van der Waals surface area contributed by atoms with Crippen molar-refractivity contribution in [1.29, 1.82) is 0 Å². The Morgan fingerprint density at radius 1 is 1.00 bits per heavy atom. The van der Waals surface area contributed by atoms with Crippen LogP contribution in [-0.2, 0) is 5.41 Å². The predicted molar refractivity (Wildman–Crippen MR) is 80.5 cm³/mol. The Bertz CT molecular complexity index is 591. The standard InChI is InChI=1S/C18H21N/c1-2-5-15-12-16(7-6-14(15)4-1)18(9-3-10-18)17-8-11-19-13-17/h1-2,4-7,12,17,19H,3,8-11,13H2/t17-/m1/s1. The zero-order valence-corrected chi connectivity index (χ0v) is 11.4. The van der Waals surface area contributed by atoms with E-state index in [9.17, 15) is 0 Å². The van der Waals surface area contributed by atoms with Gasteiger partial charge in [0.15, 0.2) is 0 Å². The summed E-state index contributed by atoms with van der Waals surface area (Å²) in [7, 11) is 0. The molecule has 0 spiro atoms. The second-order valence-corrected chi connectivity index (χ2v) is 6.26. The topological polar surface area (TPSA) is 12.0 Å². The van der Waals surface area contributed by atoms with Crippen molar-refractivity contribution in [3.8, 4) is 0 Å². The molecule has 1 heteroatoms. The van der Waals surface area contributed by atoms with Gasteiger partial charge < -0.3 is 5.32 Å². The highest BCUT2D eigenvalue weighted by molar-refractivity contribution is 5.83. The number of hydrogen-bond acceptors (Lipinski definition) is 1. The molecule has 1 heterocycles. The first-order valence-corrected chi connectivity index (χ1v) is 7.58. The summed E-state index contributed by atoms with van der Waals surface area (Å²) >= 11 is 0. The third-order valence-corrected chi connectivity index (χ3v) is 5.41. The van der Waals surface area contributed by atoms with E-state index >= 15 is 0 Å². The van der Waals surface area contributed by atoms with E-state index in [1.54, 1.807) is 5.56 Å². The second kappa shape index (κ2) is 4.35. The average molecular weight is 251 g/mol. The van der Waals surface area contributed by atoms with Crippen molar-refractivity contribution in [3.05, 3.63) is 48.0 Å². The molecule has 98 valence electrons. The number of nitrogens with one attached hydrogen (secondary N) is 1. The fourth-order valence-electron chi connectivity index (χ4n) is 4.12. The number of hydrogen-bond donors (Lipinski definition) is 1. The van der Waals surface area contributed by atoms with Crippen LogP contribution >= 0.6 is 0 Å². The van der Waals surface area contributed by atoms with Crippen LogP contribution in [0.15, 0.2) is 42.5 Å². The molecule has 19 heavy (non-hydrogen) atoms. The fourth-order valence-corrected chi connectivity index (χ4v) is 4.12. The smallest absolute Gasteiger partial charge is 0.000596 e. The minimum Gasteiger partial charge on any atom is -0.316 e. The number of fused-ring (bicyclic) bond motifs is 1. The third kappa shape index (κ3) is 1.72. The summed E-state index contributed by atoms with van der Waals surface area (Å²) in [4.78, 5) is 0. The minimum absolute atomic E-state index is 0.480. The van der Waals surface area contributed by atoms with Crippen molar-refractivity contribution in [2.75, 3.05) is 13.1 Å². The number of rotatable bonds is 2. The summed E-state index contributed by atoms with van der Waals surface area (Å²) in [6.45, 7) is 2.42. The molecule has 1 saturated carbocycles. The van der Waals surface area contributed by atoms with Crippen molar-refractivity contribution in [3.63, 3.8) is 0 Å². The first-order valence-electron chi connectivity index (χ1n) is 7.58. The van der Waals surface area contributed by atoms with Crippen molar-refractivity contribution >= 4 is 10.8 Å². The lowest BCUT2D eigenvalue weighted by atomic mass is 9.57. The van der Waals surface area contributed by atoms with E-state index in [1.807, 2.05) is 0 Å². The van der Waals surface area contributed by atoms with E-state index in [2.05, 4.69) is 47.8 Å². The lowest BCUT2D eigenvalue weighted by Gasteiger charge is -2.47. The van der Waals surface area contributed by atoms with Gasteiger partial charge in [0.25, 0.3) is 0 Å². The zero-order valence-electron chi connectivity index (χ0n) is 11.4. The van der Waals surface area contributed by atoms with Crippen LogP contribution in [0.1, 0.15) is 31.2 Å². The molecule has 1 nitrogen and oxygen atoms in total. The quantitative estimate of drug-likeness (QED) is 0.854. The van der Waals surface area contributed by atoms with Crippen molar-refractivity contribution in [2.45, 2.75) is 31.1 Å². The summed E-state index contributed by atoms with van der Waals surface area (Å²) in [6, 6.07) is 15.9. The minimum atomic E-state index is 0.480. The van der Waals surface area contributed by atoms with Gasteiger partial charge in [0.05, 0.1) is 0 Å². The highest BCUT2D eigenvalue weighted by Crippen LogP contribution is 2.51. The molecule has 1 aliphatic carbocycles. The summed E-state index contributed by atoms with van der Waals surface area (Å²) in [5.41, 5.74) is 2.07. The van der Waals surface area contributed by atoms with E-state index in [4.69, 9.17) is 0 Å². The van der Waals surface area contributed by atoms with Crippen LogP contribution in [0.2, 0.25) is 0 Å². The summed E-state index contributed by atoms with van der Waals surface area (Å²) < 4.78 is 0. The van der Waals surface area contributed by atoms with Gasteiger partial charge in [0.2, 0.25) is 0 Å². The second-order valence-electron chi connectivity index (χ2n) is 6.26. The van der Waals surface area contributed by atoms with Crippen LogP contribution in [0.5, 0.6) is 0 Å².